The standard InChI is InChI=1S/C34H33ClN6O.3C25H28ClN5O3S/c1-23-37-15-19-40(23)16-3-5-26-20-27-4-2-14-38-33(27)32(30-11-8-28(35)21-31(26)30)25-12-17-41(18-13-25)34(42)39-29-9-6-24(22-36)7-10-29;3*1-25(32,22-15-27-16-29(22)2)21-13-17-5-4-8-28-23(17)24(19-7-6-18(26)14-20(19)21)30-9-11-31(12-10-30)35(3,33)34/h2,4,6-11,14-15,19-21,25,32H,3,5,12-13,16-18H2,1H3,(H,39,42);3*4-8,13-16,24,32H,9-12H2,1-3H3/t;24-,25?;24-,25+;24-,25-/m.000/s1. The number of carbonyl (C=O) groups is 1. The maximum atomic E-state index is 13.1. The van der Waals surface area contributed by atoms with Gasteiger partial charge >= 0.3 is 6.03 Å². The highest BCUT2D eigenvalue weighted by Crippen LogP contribution is 2.53. The van der Waals surface area contributed by atoms with Gasteiger partial charge in [0.05, 0.1) is 126 Å². The number of urea groups is 1. The number of nitrogens with one attached hydrogen (secondary N) is 1. The van der Waals surface area contributed by atoms with Crippen LogP contribution in [0.15, 0.2) is 220 Å². The number of aliphatic hydroxyl groups is 3. The lowest BCUT2D eigenvalue weighted by Gasteiger charge is -2.39. The Labute approximate surface area is 877 Å². The van der Waals surface area contributed by atoms with Gasteiger partial charge in [-0.05, 0) is 270 Å². The number of piperidine rings is 1. The zero-order valence-electron chi connectivity index (χ0n) is 83.3. The van der Waals surface area contributed by atoms with Crippen LogP contribution in [0.5, 0.6) is 0 Å². The van der Waals surface area contributed by atoms with Crippen LogP contribution in [0.3, 0.4) is 0 Å². The van der Waals surface area contributed by atoms with Gasteiger partial charge in [-0.15, -0.1) is 0 Å². The molecule has 4 aliphatic carbocycles. The number of fused-ring (bicyclic) bond motifs is 8. The van der Waals surface area contributed by atoms with Crippen molar-refractivity contribution in [3.63, 3.8) is 0 Å². The molecule has 0 spiro atoms. The summed E-state index contributed by atoms with van der Waals surface area (Å²) in [4.78, 5) is 58.0. The Morgan fingerprint density at radius 3 is 1.12 bits per heavy atom. The highest BCUT2D eigenvalue weighted by molar-refractivity contribution is 7.88. The number of allylic oxidation sites excluding steroid dienone is 1. The van der Waals surface area contributed by atoms with E-state index in [4.69, 9.17) is 71.6 Å². The minimum Gasteiger partial charge on any atom is -0.379 e. The molecule has 2 unspecified atom stereocenters. The molecule has 764 valence electrons. The molecule has 0 radical (unpaired) electrons. The molecule has 5 aromatic carbocycles. The van der Waals surface area contributed by atoms with E-state index in [1.165, 1.54) is 48.4 Å². The topological polar surface area (TPSA) is 362 Å². The zero-order chi connectivity index (χ0) is 104. The summed E-state index contributed by atoms with van der Waals surface area (Å²) < 4.78 is 84.7. The fourth-order valence-corrected chi connectivity index (χ4v) is 25.1. The number of halogens is 4. The minimum absolute atomic E-state index is 0.109. The van der Waals surface area contributed by atoms with E-state index >= 15 is 0 Å². The summed E-state index contributed by atoms with van der Waals surface area (Å²) >= 11 is 26.1. The van der Waals surface area contributed by atoms with Crippen LogP contribution in [0.1, 0.15) is 189 Å². The number of likely N-dealkylation sites (tertiary alicyclic amines) is 1. The number of rotatable bonds is 18. The number of pyridine rings is 4. The third-order valence-corrected chi connectivity index (χ3v) is 34.3. The highest BCUT2D eigenvalue weighted by Gasteiger charge is 2.46. The van der Waals surface area contributed by atoms with Crippen molar-refractivity contribution >= 4 is 135 Å². The number of imidazole rings is 4. The molecular weight excluding hydrogens is 2000 g/mol. The van der Waals surface area contributed by atoms with Crippen molar-refractivity contribution in [2.24, 2.45) is 27.1 Å². The van der Waals surface area contributed by atoms with Crippen molar-refractivity contribution in [1.29, 1.82) is 5.26 Å². The number of benzene rings is 5. The molecule has 0 bridgehead atoms. The van der Waals surface area contributed by atoms with Gasteiger partial charge in [0.15, 0.2) is 0 Å². The first-order chi connectivity index (χ1) is 70.2. The molecule has 7 atom stereocenters. The number of anilines is 1. The Hall–Kier alpha value is -12.1. The molecule has 12 heterocycles. The fraction of sp³-hybridized carbons (Fsp3) is 0.339. The fourth-order valence-electron chi connectivity index (χ4n) is 21.9. The second-order valence-corrected chi connectivity index (χ2v) is 46.8. The summed E-state index contributed by atoms with van der Waals surface area (Å²) in [7, 11) is -4.19. The van der Waals surface area contributed by atoms with Crippen molar-refractivity contribution in [2.45, 2.75) is 101 Å². The summed E-state index contributed by atoms with van der Waals surface area (Å²) in [5.74, 6) is 1.47. The third-order valence-electron chi connectivity index (χ3n) is 29.5. The first-order valence-corrected chi connectivity index (χ1v) is 55.8. The third kappa shape index (κ3) is 22.2. The second-order valence-electron chi connectivity index (χ2n) is 39.1. The number of nitriles is 1. The van der Waals surface area contributed by atoms with Crippen molar-refractivity contribution in [2.75, 3.05) is 116 Å². The molecule has 4 saturated heterocycles. The van der Waals surface area contributed by atoms with Crippen molar-refractivity contribution < 1.29 is 45.4 Å². The smallest absolute Gasteiger partial charge is 0.321 e. The van der Waals surface area contributed by atoms with Crippen LogP contribution in [0, 0.1) is 24.2 Å². The van der Waals surface area contributed by atoms with E-state index in [1.807, 2.05) is 187 Å². The Morgan fingerprint density at radius 2 is 0.789 bits per heavy atom. The van der Waals surface area contributed by atoms with Crippen LogP contribution < -0.4 is 5.32 Å². The van der Waals surface area contributed by atoms with Gasteiger partial charge in [0.25, 0.3) is 0 Å². The number of amides is 2. The van der Waals surface area contributed by atoms with Gasteiger partial charge in [-0.2, -0.15) is 18.2 Å². The Kier molecular flexibility index (Phi) is 30.8. The second kappa shape index (κ2) is 43.2. The zero-order valence-corrected chi connectivity index (χ0v) is 88.8. The first kappa shape index (κ1) is 105. The number of piperazine rings is 3. The van der Waals surface area contributed by atoms with E-state index in [0.717, 1.165) is 121 Å². The SMILES string of the molecule is Cc1nccn1CCCC1=Cc2cccnc2C(C2CCN(C(=O)Nc3ccc(C#N)cc3)CC2)c2ccc(Cl)cc21.Cn1cncc1C(C)(O)C1=Cc2cccnc2[C@@H](N2CCN(S(C)(=O)=O)CC2)c2ccc(Cl)cc21.Cn1cncc1[C@@](C)(O)C1=Cc2cccnc2[C@@H](N2CCN(S(C)(=O)=O)CC2)c2ccc(Cl)cc21.Cn1cncc1[C@](C)(O)C1=Cc2cccnc2[C@@H](N2CCN(S(C)(=O)=O)CC2)c2ccc(Cl)cc21. The van der Waals surface area contributed by atoms with E-state index in [2.05, 4.69) is 74.9 Å². The number of nitrogens with zero attached hydrogens (tertiary/aromatic N) is 20. The lowest BCUT2D eigenvalue weighted by Crippen LogP contribution is -2.49. The van der Waals surface area contributed by atoms with E-state index in [9.17, 15) is 45.4 Å². The Bertz CT molecular complexity index is 7160. The maximum absolute atomic E-state index is 13.1. The number of aromatic nitrogens is 12. The molecular formula is C109H117Cl4N21O10S3. The van der Waals surface area contributed by atoms with Crippen LogP contribution in [-0.2, 0) is 74.6 Å². The molecule has 2 amide bonds. The number of hydrogen-bond donors (Lipinski definition) is 4. The Morgan fingerprint density at radius 1 is 0.442 bits per heavy atom. The van der Waals surface area contributed by atoms with Gasteiger partial charge in [-0.1, -0.05) is 94.9 Å². The highest BCUT2D eigenvalue weighted by atomic mass is 35.5. The molecule has 13 aromatic rings. The van der Waals surface area contributed by atoms with Gasteiger partial charge in [0.2, 0.25) is 30.1 Å². The molecule has 147 heavy (non-hydrogen) atoms. The lowest BCUT2D eigenvalue weighted by molar-refractivity contribution is 0.114. The molecule has 0 saturated carbocycles. The average molecular weight is 2120 g/mol. The summed E-state index contributed by atoms with van der Waals surface area (Å²) in [6.45, 7) is 15.4. The average Bonchev–Trinajstić information content (AvgIpc) is 1.63. The normalized spacial score (nSPS) is 19.7. The van der Waals surface area contributed by atoms with Crippen LogP contribution in [0.4, 0.5) is 10.5 Å². The molecule has 8 aromatic heterocycles. The number of sulfonamides is 3. The lowest BCUT2D eigenvalue weighted by atomic mass is 9.76. The maximum Gasteiger partial charge on any atom is 0.321 e. The predicted octanol–water partition coefficient (Wildman–Crippen LogP) is 16.2. The van der Waals surface area contributed by atoms with Crippen LogP contribution in [0.25, 0.3) is 46.6 Å². The van der Waals surface area contributed by atoms with E-state index in [1.54, 1.807) is 101 Å². The summed E-state index contributed by atoms with van der Waals surface area (Å²) in [5, 5.41) is 50.2. The molecule has 4 N–H and O–H groups in total. The first-order valence-electron chi connectivity index (χ1n) is 48.8. The van der Waals surface area contributed by atoms with E-state index in [0.29, 0.717) is 158 Å². The molecule has 31 nitrogen and oxygen atoms in total. The largest absolute Gasteiger partial charge is 0.379 e. The Balaban J connectivity index is 0.000000129. The quantitative estimate of drug-likeness (QED) is 0.0620. The summed E-state index contributed by atoms with van der Waals surface area (Å²) in [6.07, 6.45) is 36.7. The number of hydrogen-bond acceptors (Lipinski definition) is 22. The van der Waals surface area contributed by atoms with E-state index in [-0.39, 0.29) is 30.1 Å². The van der Waals surface area contributed by atoms with Crippen molar-refractivity contribution in [1.82, 2.24) is 90.7 Å². The van der Waals surface area contributed by atoms with E-state index < -0.39 is 46.9 Å². The van der Waals surface area contributed by atoms with Gasteiger partial charge < -0.3 is 43.8 Å². The van der Waals surface area contributed by atoms with Crippen LogP contribution in [0.2, 0.25) is 20.1 Å². The van der Waals surface area contributed by atoms with Gasteiger partial charge in [-0.3, -0.25) is 34.6 Å². The van der Waals surface area contributed by atoms with Crippen LogP contribution >= 0.6 is 46.4 Å². The summed E-state index contributed by atoms with van der Waals surface area (Å²) in [5.41, 5.74) is 17.9. The van der Waals surface area contributed by atoms with Gasteiger partial charge in [-0.25, -0.2) is 50.0 Å². The van der Waals surface area contributed by atoms with Crippen molar-refractivity contribution in [3.8, 4) is 6.07 Å². The van der Waals surface area contributed by atoms with Crippen molar-refractivity contribution in [3.05, 3.63) is 358 Å². The van der Waals surface area contributed by atoms with Crippen LogP contribution in [-0.4, -0.2) is 248 Å². The van der Waals surface area contributed by atoms with Gasteiger partial charge in [0, 0.05) is 188 Å². The predicted molar refractivity (Wildman–Crippen MR) is 575 cm³/mol. The number of aryl methyl sites for hydroxylation is 5. The summed E-state index contributed by atoms with van der Waals surface area (Å²) in [6, 6.07) is 47.6. The molecule has 4 fully saturated rings. The molecule has 4 aliphatic heterocycles. The number of carbonyl (C=O) groups excluding carboxylic acids is 1. The minimum atomic E-state index is -3.25. The van der Waals surface area contributed by atoms with Gasteiger partial charge in [0.1, 0.15) is 22.6 Å². The monoisotopic (exact) mass is 2120 g/mol. The molecule has 8 aliphatic rings. The molecule has 21 rings (SSSR count). The molecule has 38 heteroatoms.